The van der Waals surface area contributed by atoms with Crippen LogP contribution in [0.3, 0.4) is 0 Å². The minimum absolute atomic E-state index is 0.0792. The number of likely N-dealkylation sites (tertiary alicyclic amines) is 1. The molecule has 2 atom stereocenters. The first-order chi connectivity index (χ1) is 8.02. The lowest BCUT2D eigenvalue weighted by Crippen LogP contribution is -2.47. The van der Waals surface area contributed by atoms with Crippen molar-refractivity contribution in [2.75, 3.05) is 26.2 Å². The van der Waals surface area contributed by atoms with Gasteiger partial charge in [-0.15, -0.1) is 0 Å². The smallest absolute Gasteiger partial charge is 0.320 e. The highest BCUT2D eigenvalue weighted by Crippen LogP contribution is 2.25. The lowest BCUT2D eigenvalue weighted by Gasteiger charge is -2.30. The summed E-state index contributed by atoms with van der Waals surface area (Å²) < 4.78 is 0. The van der Waals surface area contributed by atoms with Crippen LogP contribution in [0.1, 0.15) is 20.3 Å². The Bertz CT molecular complexity index is 295. The Kier molecular flexibility index (Phi) is 4.74. The molecule has 0 aromatic carbocycles. The monoisotopic (exact) mass is 244 g/mol. The summed E-state index contributed by atoms with van der Waals surface area (Å²) in [6.07, 6.45) is 0.499. The molecule has 0 radical (unpaired) electrons. The van der Waals surface area contributed by atoms with Crippen molar-refractivity contribution in [3.8, 4) is 0 Å². The van der Waals surface area contributed by atoms with Crippen molar-refractivity contribution in [2.45, 2.75) is 26.3 Å². The Hall–Kier alpha value is -1.30. The number of carboxylic acid groups (broad SMARTS) is 1. The van der Waals surface area contributed by atoms with Crippen LogP contribution in [0.2, 0.25) is 0 Å². The van der Waals surface area contributed by atoms with E-state index in [1.54, 1.807) is 11.8 Å². The van der Waals surface area contributed by atoms with E-state index in [1.807, 2.05) is 6.92 Å². The van der Waals surface area contributed by atoms with E-state index in [2.05, 4.69) is 0 Å². The van der Waals surface area contributed by atoms with E-state index in [-0.39, 0.29) is 25.2 Å². The average Bonchev–Trinajstić information content (AvgIpc) is 2.67. The minimum Gasteiger partial charge on any atom is -0.481 e. The number of carbonyl (C=O) groups excluding carboxylic acids is 1. The third kappa shape index (κ3) is 2.88. The number of aliphatic hydroxyl groups is 1. The zero-order valence-corrected chi connectivity index (χ0v) is 10.3. The molecular formula is C11H20N2O4. The number of urea groups is 1. The molecule has 6 heteroatoms. The number of hydrogen-bond donors (Lipinski definition) is 2. The van der Waals surface area contributed by atoms with Gasteiger partial charge in [0.2, 0.25) is 0 Å². The van der Waals surface area contributed by atoms with E-state index in [9.17, 15) is 9.59 Å². The lowest BCUT2D eigenvalue weighted by atomic mass is 10.0. The maximum absolute atomic E-state index is 12.1. The average molecular weight is 244 g/mol. The fourth-order valence-corrected chi connectivity index (χ4v) is 2.23. The molecule has 1 heterocycles. The van der Waals surface area contributed by atoms with Crippen molar-refractivity contribution in [3.63, 3.8) is 0 Å². The molecular weight excluding hydrogens is 224 g/mol. The molecule has 1 rings (SSSR count). The van der Waals surface area contributed by atoms with Gasteiger partial charge in [0.25, 0.3) is 0 Å². The van der Waals surface area contributed by atoms with Gasteiger partial charge < -0.3 is 20.0 Å². The Balaban J connectivity index is 2.67. The molecule has 2 amide bonds. The quantitative estimate of drug-likeness (QED) is 0.741. The highest BCUT2D eigenvalue weighted by Gasteiger charge is 2.39. The van der Waals surface area contributed by atoms with Gasteiger partial charge >= 0.3 is 12.0 Å². The first kappa shape index (κ1) is 13.8. The molecule has 98 valence electrons. The van der Waals surface area contributed by atoms with Crippen molar-refractivity contribution in [3.05, 3.63) is 0 Å². The number of amides is 2. The van der Waals surface area contributed by atoms with E-state index in [0.29, 0.717) is 19.5 Å². The summed E-state index contributed by atoms with van der Waals surface area (Å²) >= 11 is 0. The van der Waals surface area contributed by atoms with Crippen molar-refractivity contribution in [1.82, 2.24) is 9.80 Å². The van der Waals surface area contributed by atoms with E-state index >= 15 is 0 Å². The predicted molar refractivity (Wildman–Crippen MR) is 61.6 cm³/mol. The lowest BCUT2D eigenvalue weighted by molar-refractivity contribution is -0.142. The largest absolute Gasteiger partial charge is 0.481 e. The number of aliphatic carboxylic acids is 1. The molecule has 0 saturated carbocycles. The third-order valence-electron chi connectivity index (χ3n) is 3.34. The van der Waals surface area contributed by atoms with Crippen LogP contribution in [-0.4, -0.2) is 64.3 Å². The van der Waals surface area contributed by atoms with Crippen LogP contribution < -0.4 is 0 Å². The first-order valence-corrected chi connectivity index (χ1v) is 5.92. The molecule has 1 aliphatic rings. The molecule has 0 bridgehead atoms. The second-order valence-corrected chi connectivity index (χ2v) is 4.25. The first-order valence-electron chi connectivity index (χ1n) is 5.92. The molecule has 17 heavy (non-hydrogen) atoms. The Morgan fingerprint density at radius 3 is 2.53 bits per heavy atom. The van der Waals surface area contributed by atoms with Gasteiger partial charge in [-0.3, -0.25) is 4.79 Å². The molecule has 0 aliphatic carbocycles. The van der Waals surface area contributed by atoms with Gasteiger partial charge in [0, 0.05) is 25.7 Å². The highest BCUT2D eigenvalue weighted by molar-refractivity contribution is 5.78. The van der Waals surface area contributed by atoms with Crippen LogP contribution in [0.15, 0.2) is 0 Å². The maximum atomic E-state index is 12.1. The van der Waals surface area contributed by atoms with Crippen molar-refractivity contribution < 1.29 is 19.8 Å². The SMILES string of the molecule is CCN(CCO)C(=O)N1CCC(C(=O)O)C1C. The summed E-state index contributed by atoms with van der Waals surface area (Å²) in [5.41, 5.74) is 0. The van der Waals surface area contributed by atoms with Crippen LogP contribution >= 0.6 is 0 Å². The van der Waals surface area contributed by atoms with Crippen molar-refractivity contribution in [2.24, 2.45) is 5.92 Å². The number of likely N-dealkylation sites (N-methyl/N-ethyl adjacent to an activating group) is 1. The van der Waals surface area contributed by atoms with Crippen LogP contribution in [0, 0.1) is 5.92 Å². The molecule has 1 fully saturated rings. The maximum Gasteiger partial charge on any atom is 0.320 e. The summed E-state index contributed by atoms with van der Waals surface area (Å²) in [7, 11) is 0. The molecule has 1 saturated heterocycles. The zero-order valence-electron chi connectivity index (χ0n) is 10.3. The van der Waals surface area contributed by atoms with E-state index in [1.165, 1.54) is 4.90 Å². The summed E-state index contributed by atoms with van der Waals surface area (Å²) in [6, 6.07) is -0.467. The second-order valence-electron chi connectivity index (χ2n) is 4.25. The number of hydrogen-bond acceptors (Lipinski definition) is 3. The van der Waals surface area contributed by atoms with E-state index in [0.717, 1.165) is 0 Å². The normalized spacial score (nSPS) is 23.8. The predicted octanol–water partition coefficient (Wildman–Crippen LogP) is 0.216. The van der Waals surface area contributed by atoms with Crippen LogP contribution in [0.25, 0.3) is 0 Å². The topological polar surface area (TPSA) is 81.1 Å². The van der Waals surface area contributed by atoms with Gasteiger partial charge in [0.15, 0.2) is 0 Å². The molecule has 0 spiro atoms. The summed E-state index contributed by atoms with van der Waals surface area (Å²) in [4.78, 5) is 26.2. The summed E-state index contributed by atoms with van der Waals surface area (Å²) in [5, 5.41) is 17.8. The van der Waals surface area contributed by atoms with Gasteiger partial charge in [0.1, 0.15) is 0 Å². The van der Waals surface area contributed by atoms with Crippen molar-refractivity contribution >= 4 is 12.0 Å². The molecule has 2 N–H and O–H groups in total. The van der Waals surface area contributed by atoms with Gasteiger partial charge in [0.05, 0.1) is 12.5 Å². The summed E-state index contributed by atoms with van der Waals surface area (Å²) in [5.74, 6) is -1.33. The van der Waals surface area contributed by atoms with Gasteiger partial charge in [-0.1, -0.05) is 0 Å². The third-order valence-corrected chi connectivity index (χ3v) is 3.34. The van der Waals surface area contributed by atoms with E-state index < -0.39 is 11.9 Å². The standard InChI is InChI=1S/C11H20N2O4/c1-3-12(6-7-14)11(17)13-5-4-9(8(13)2)10(15)16/h8-9,14H,3-7H2,1-2H3,(H,15,16). The van der Waals surface area contributed by atoms with Gasteiger partial charge in [-0.05, 0) is 20.3 Å². The molecule has 2 unspecified atom stereocenters. The van der Waals surface area contributed by atoms with Crippen molar-refractivity contribution in [1.29, 1.82) is 0 Å². The highest BCUT2D eigenvalue weighted by atomic mass is 16.4. The van der Waals surface area contributed by atoms with Gasteiger partial charge in [-0.25, -0.2) is 4.79 Å². The number of nitrogens with zero attached hydrogens (tertiary/aromatic N) is 2. The van der Waals surface area contributed by atoms with E-state index in [4.69, 9.17) is 10.2 Å². The molecule has 0 aromatic heterocycles. The number of aliphatic hydroxyl groups excluding tert-OH is 1. The molecule has 1 aliphatic heterocycles. The fraction of sp³-hybridized carbons (Fsp3) is 0.818. The Labute approximate surface area is 101 Å². The second kappa shape index (κ2) is 5.86. The summed E-state index contributed by atoms with van der Waals surface area (Å²) in [6.45, 7) is 4.79. The number of carboxylic acids is 1. The van der Waals surface area contributed by atoms with Gasteiger partial charge in [-0.2, -0.15) is 0 Å². The number of carbonyl (C=O) groups is 2. The Morgan fingerprint density at radius 2 is 2.12 bits per heavy atom. The van der Waals surface area contributed by atoms with Crippen LogP contribution in [0.5, 0.6) is 0 Å². The number of rotatable bonds is 4. The molecule has 6 nitrogen and oxygen atoms in total. The molecule has 0 aromatic rings. The Morgan fingerprint density at radius 1 is 1.47 bits per heavy atom. The van der Waals surface area contributed by atoms with Crippen LogP contribution in [0.4, 0.5) is 4.79 Å². The minimum atomic E-state index is -0.849. The van der Waals surface area contributed by atoms with Crippen LogP contribution in [-0.2, 0) is 4.79 Å². The zero-order chi connectivity index (χ0) is 13.0. The fourth-order valence-electron chi connectivity index (χ4n) is 2.23.